The van der Waals surface area contributed by atoms with Gasteiger partial charge in [0, 0.05) is 0 Å². The minimum Gasteiger partial charge on any atom is -0.408 e. The van der Waals surface area contributed by atoms with Gasteiger partial charge in [-0.1, -0.05) is 0 Å². The van der Waals surface area contributed by atoms with E-state index in [2.05, 4.69) is 19.9 Å². The molecule has 0 radical (unpaired) electrons. The molecule has 0 spiro atoms. The van der Waals surface area contributed by atoms with E-state index in [1.54, 1.807) is 0 Å². The minimum atomic E-state index is 0.0739. The first kappa shape index (κ1) is 8.58. The summed E-state index contributed by atoms with van der Waals surface area (Å²) in [5.74, 6) is 0.778. The number of nitrogens with zero attached hydrogens (tertiary/aromatic N) is 2. The fourth-order valence-electron chi connectivity index (χ4n) is 2.17. The van der Waals surface area contributed by atoms with Gasteiger partial charge in [0.2, 0.25) is 0 Å². The second-order valence-corrected chi connectivity index (χ2v) is 4.37. The van der Waals surface area contributed by atoms with Crippen molar-refractivity contribution in [3.63, 3.8) is 0 Å². The Hall–Kier alpha value is -1.01. The lowest BCUT2D eigenvalue weighted by Crippen LogP contribution is -2.39. The van der Waals surface area contributed by atoms with Gasteiger partial charge in [0.1, 0.15) is 11.8 Å². The van der Waals surface area contributed by atoms with Crippen molar-refractivity contribution in [1.29, 1.82) is 5.26 Å². The standard InChI is InChI=1S/C10H14N2O/c1-7-8(6-11)9-4-5-10(2,3)12(9)13-7/h9H,4-5H2,1-3H3. The minimum absolute atomic E-state index is 0.0739. The van der Waals surface area contributed by atoms with Crippen LogP contribution in [0.15, 0.2) is 11.3 Å². The molecule has 0 aliphatic carbocycles. The lowest BCUT2D eigenvalue weighted by molar-refractivity contribution is -0.156. The maximum absolute atomic E-state index is 8.94. The molecule has 2 aliphatic heterocycles. The average Bonchev–Trinajstić information content (AvgIpc) is 2.50. The van der Waals surface area contributed by atoms with Gasteiger partial charge in [-0.15, -0.1) is 5.06 Å². The van der Waals surface area contributed by atoms with E-state index in [4.69, 9.17) is 10.1 Å². The van der Waals surface area contributed by atoms with E-state index in [0.29, 0.717) is 0 Å². The predicted molar refractivity (Wildman–Crippen MR) is 48.3 cm³/mol. The first-order chi connectivity index (χ1) is 6.06. The third kappa shape index (κ3) is 1.06. The van der Waals surface area contributed by atoms with Gasteiger partial charge in [0.05, 0.1) is 17.2 Å². The Bertz CT molecular complexity index is 311. The largest absolute Gasteiger partial charge is 0.408 e. The summed E-state index contributed by atoms with van der Waals surface area (Å²) in [6.07, 6.45) is 2.13. The van der Waals surface area contributed by atoms with Crippen LogP contribution >= 0.6 is 0 Å². The zero-order valence-corrected chi connectivity index (χ0v) is 8.29. The number of allylic oxidation sites excluding steroid dienone is 1. The highest BCUT2D eigenvalue weighted by atomic mass is 16.7. The molecule has 3 nitrogen and oxygen atoms in total. The molecule has 2 heterocycles. The summed E-state index contributed by atoms with van der Waals surface area (Å²) in [6.45, 7) is 6.17. The van der Waals surface area contributed by atoms with Crippen LogP contribution in [0.5, 0.6) is 0 Å². The maximum atomic E-state index is 8.94. The Kier molecular flexibility index (Phi) is 1.64. The van der Waals surface area contributed by atoms with Gasteiger partial charge in [0.25, 0.3) is 0 Å². The van der Waals surface area contributed by atoms with Crippen molar-refractivity contribution in [1.82, 2.24) is 5.06 Å². The summed E-state index contributed by atoms with van der Waals surface area (Å²) < 4.78 is 0. The molecule has 2 rings (SSSR count). The highest BCUT2D eigenvalue weighted by Crippen LogP contribution is 2.42. The molecule has 3 heteroatoms. The lowest BCUT2D eigenvalue weighted by atomic mass is 10.0. The van der Waals surface area contributed by atoms with Gasteiger partial charge in [-0.3, -0.25) is 0 Å². The third-order valence-electron chi connectivity index (χ3n) is 2.98. The topological polar surface area (TPSA) is 36.3 Å². The summed E-state index contributed by atoms with van der Waals surface area (Å²) in [6, 6.07) is 2.44. The fourth-order valence-corrected chi connectivity index (χ4v) is 2.17. The number of hydrogen-bond donors (Lipinski definition) is 0. The molecule has 1 atom stereocenters. The van der Waals surface area contributed by atoms with Crippen LogP contribution in [0.1, 0.15) is 33.6 Å². The molecule has 0 aromatic rings. The Morgan fingerprint density at radius 2 is 2.31 bits per heavy atom. The summed E-state index contributed by atoms with van der Waals surface area (Å²) in [4.78, 5) is 5.59. The summed E-state index contributed by atoms with van der Waals surface area (Å²) >= 11 is 0. The molecule has 1 unspecified atom stereocenters. The highest BCUT2D eigenvalue weighted by Gasteiger charge is 2.47. The zero-order chi connectivity index (χ0) is 9.64. The van der Waals surface area contributed by atoms with Gasteiger partial charge in [-0.2, -0.15) is 5.26 Å². The number of nitriles is 1. The molecule has 0 aromatic heterocycles. The third-order valence-corrected chi connectivity index (χ3v) is 2.98. The van der Waals surface area contributed by atoms with E-state index < -0.39 is 0 Å². The zero-order valence-electron chi connectivity index (χ0n) is 8.29. The number of rotatable bonds is 0. The van der Waals surface area contributed by atoms with E-state index in [1.807, 2.05) is 12.0 Å². The molecular weight excluding hydrogens is 164 g/mol. The second kappa shape index (κ2) is 2.49. The molecule has 0 bridgehead atoms. The quantitative estimate of drug-likeness (QED) is 0.569. The van der Waals surface area contributed by atoms with Crippen LogP contribution in [-0.2, 0) is 4.84 Å². The number of hydroxylamine groups is 2. The van der Waals surface area contributed by atoms with Gasteiger partial charge in [-0.25, -0.2) is 0 Å². The highest BCUT2D eigenvalue weighted by molar-refractivity contribution is 5.33. The van der Waals surface area contributed by atoms with Crippen molar-refractivity contribution in [2.45, 2.75) is 45.2 Å². The Morgan fingerprint density at radius 3 is 2.92 bits per heavy atom. The monoisotopic (exact) mass is 178 g/mol. The summed E-state index contributed by atoms with van der Waals surface area (Å²) in [7, 11) is 0. The lowest BCUT2D eigenvalue weighted by Gasteiger charge is -2.29. The van der Waals surface area contributed by atoms with Crippen LogP contribution < -0.4 is 0 Å². The normalized spacial score (nSPS) is 31.4. The van der Waals surface area contributed by atoms with Crippen molar-refractivity contribution in [2.24, 2.45) is 0 Å². The molecule has 70 valence electrons. The molecule has 13 heavy (non-hydrogen) atoms. The van der Waals surface area contributed by atoms with E-state index in [0.717, 1.165) is 24.2 Å². The molecule has 0 saturated carbocycles. The van der Waals surface area contributed by atoms with Gasteiger partial charge < -0.3 is 4.84 Å². The van der Waals surface area contributed by atoms with Crippen LogP contribution in [-0.4, -0.2) is 16.6 Å². The number of hydrogen-bond acceptors (Lipinski definition) is 3. The average molecular weight is 178 g/mol. The van der Waals surface area contributed by atoms with Crippen LogP contribution in [0.4, 0.5) is 0 Å². The number of fused-ring (bicyclic) bond motifs is 1. The van der Waals surface area contributed by atoms with Crippen LogP contribution in [0.25, 0.3) is 0 Å². The smallest absolute Gasteiger partial charge is 0.136 e. The molecule has 1 fully saturated rings. The summed E-state index contributed by atoms with van der Waals surface area (Å²) in [5.41, 5.74) is 0.885. The molecule has 2 aliphatic rings. The molecule has 0 aromatic carbocycles. The van der Waals surface area contributed by atoms with Crippen molar-refractivity contribution >= 4 is 0 Å². The van der Waals surface area contributed by atoms with Gasteiger partial charge in [-0.05, 0) is 33.6 Å². The second-order valence-electron chi connectivity index (χ2n) is 4.37. The van der Waals surface area contributed by atoms with Crippen molar-refractivity contribution in [2.75, 3.05) is 0 Å². The Labute approximate surface area is 78.5 Å². The van der Waals surface area contributed by atoms with E-state index in [-0.39, 0.29) is 11.6 Å². The first-order valence-electron chi connectivity index (χ1n) is 4.64. The molecule has 0 amide bonds. The SMILES string of the molecule is CC1=C(C#N)C2CCC(C)(C)N2O1. The van der Waals surface area contributed by atoms with Crippen molar-refractivity contribution < 1.29 is 4.84 Å². The fraction of sp³-hybridized carbons (Fsp3) is 0.700. The van der Waals surface area contributed by atoms with Crippen molar-refractivity contribution in [3.8, 4) is 6.07 Å². The van der Waals surface area contributed by atoms with Crippen LogP contribution in [0, 0.1) is 11.3 Å². The van der Waals surface area contributed by atoms with Gasteiger partial charge in [0.15, 0.2) is 0 Å². The van der Waals surface area contributed by atoms with E-state index in [9.17, 15) is 0 Å². The molecular formula is C10H14N2O. The maximum Gasteiger partial charge on any atom is 0.136 e. The first-order valence-corrected chi connectivity index (χ1v) is 4.64. The molecule has 0 N–H and O–H groups in total. The van der Waals surface area contributed by atoms with Crippen LogP contribution in [0.3, 0.4) is 0 Å². The Morgan fingerprint density at radius 1 is 1.62 bits per heavy atom. The van der Waals surface area contributed by atoms with E-state index >= 15 is 0 Å². The van der Waals surface area contributed by atoms with Crippen molar-refractivity contribution in [3.05, 3.63) is 11.3 Å². The predicted octanol–water partition coefficient (Wildman–Crippen LogP) is 1.97. The van der Waals surface area contributed by atoms with E-state index in [1.165, 1.54) is 0 Å². The van der Waals surface area contributed by atoms with Gasteiger partial charge >= 0.3 is 0 Å². The summed E-state index contributed by atoms with van der Waals surface area (Å²) in [5, 5.41) is 10.9. The van der Waals surface area contributed by atoms with Crippen LogP contribution in [0.2, 0.25) is 0 Å². The Balaban J connectivity index is 2.31. The molecule has 1 saturated heterocycles.